The molecule has 0 bridgehead atoms. The molecule has 4 aromatic carbocycles. The number of carbonyl (C=O) groups excluding carboxylic acids is 3. The van der Waals surface area contributed by atoms with Crippen LogP contribution in [0.15, 0.2) is 108 Å². The summed E-state index contributed by atoms with van der Waals surface area (Å²) in [5, 5.41) is 2.73. The normalized spacial score (nSPS) is 13.2. The summed E-state index contributed by atoms with van der Waals surface area (Å²) in [4.78, 5) is 39.7. The number of imide groups is 1. The van der Waals surface area contributed by atoms with E-state index in [2.05, 4.69) is 5.32 Å². The first kappa shape index (κ1) is 25.0. The highest BCUT2D eigenvalue weighted by Crippen LogP contribution is 2.32. The maximum atomic E-state index is 13.1. The Morgan fingerprint density at radius 1 is 0.789 bits per heavy atom. The minimum absolute atomic E-state index is 0.0218. The first-order chi connectivity index (χ1) is 18.3. The summed E-state index contributed by atoms with van der Waals surface area (Å²) < 4.78 is 5.50. The quantitative estimate of drug-likeness (QED) is 0.175. The van der Waals surface area contributed by atoms with Crippen LogP contribution < -0.4 is 15.0 Å². The van der Waals surface area contributed by atoms with Crippen molar-refractivity contribution < 1.29 is 19.1 Å². The van der Waals surface area contributed by atoms with Crippen LogP contribution in [0.1, 0.15) is 21.5 Å². The van der Waals surface area contributed by atoms with Gasteiger partial charge in [-0.3, -0.25) is 9.59 Å². The van der Waals surface area contributed by atoms with Gasteiger partial charge >= 0.3 is 5.97 Å². The summed E-state index contributed by atoms with van der Waals surface area (Å²) in [7, 11) is 0. The molecule has 1 aliphatic rings. The Labute approximate surface area is 225 Å². The summed E-state index contributed by atoms with van der Waals surface area (Å²) in [6.45, 7) is 3.71. The number of amides is 2. The van der Waals surface area contributed by atoms with E-state index in [9.17, 15) is 14.4 Å². The standard InChI is InChI=1S/C31H23ClN2O4/c1-19-8-9-20(2)26(18-19)34-29(35)27(32)28(30(34)36)33-24-14-10-23(11-15-24)31(37)38-25-16-12-22(13-17-25)21-6-4-3-5-7-21/h3-18,33H,1-2H3. The van der Waals surface area contributed by atoms with Crippen molar-refractivity contribution in [3.8, 4) is 16.9 Å². The predicted octanol–water partition coefficient (Wildman–Crippen LogP) is 6.63. The fourth-order valence-corrected chi connectivity index (χ4v) is 4.35. The average Bonchev–Trinajstić information content (AvgIpc) is 3.14. The minimum Gasteiger partial charge on any atom is -0.423 e. The van der Waals surface area contributed by atoms with E-state index in [1.165, 1.54) is 0 Å². The zero-order valence-corrected chi connectivity index (χ0v) is 21.5. The van der Waals surface area contributed by atoms with Crippen molar-refractivity contribution in [3.63, 3.8) is 0 Å². The van der Waals surface area contributed by atoms with E-state index in [-0.39, 0.29) is 10.7 Å². The molecule has 6 nitrogen and oxygen atoms in total. The van der Waals surface area contributed by atoms with Gasteiger partial charge in [0.1, 0.15) is 16.5 Å². The smallest absolute Gasteiger partial charge is 0.343 e. The molecule has 7 heteroatoms. The van der Waals surface area contributed by atoms with Gasteiger partial charge in [0, 0.05) is 5.69 Å². The van der Waals surface area contributed by atoms with Crippen LogP contribution in [0.2, 0.25) is 0 Å². The fraction of sp³-hybridized carbons (Fsp3) is 0.0645. The number of hydrogen-bond acceptors (Lipinski definition) is 5. The van der Waals surface area contributed by atoms with E-state index in [4.69, 9.17) is 16.3 Å². The molecule has 1 heterocycles. The van der Waals surface area contributed by atoms with Gasteiger partial charge in [-0.2, -0.15) is 0 Å². The highest BCUT2D eigenvalue weighted by molar-refractivity contribution is 6.53. The lowest BCUT2D eigenvalue weighted by Gasteiger charge is -2.18. The van der Waals surface area contributed by atoms with Crippen molar-refractivity contribution in [2.75, 3.05) is 10.2 Å². The van der Waals surface area contributed by atoms with Gasteiger partial charge in [0.2, 0.25) is 0 Å². The Bertz CT molecular complexity index is 1580. The highest BCUT2D eigenvalue weighted by atomic mass is 35.5. The number of ether oxygens (including phenoxy) is 1. The number of nitrogens with one attached hydrogen (secondary N) is 1. The van der Waals surface area contributed by atoms with Crippen molar-refractivity contribution in [1.82, 2.24) is 0 Å². The molecule has 38 heavy (non-hydrogen) atoms. The number of benzene rings is 4. The number of halogens is 1. The van der Waals surface area contributed by atoms with E-state index < -0.39 is 17.8 Å². The van der Waals surface area contributed by atoms with Gasteiger partial charge in [0.15, 0.2) is 0 Å². The Morgan fingerprint density at radius 3 is 2.13 bits per heavy atom. The number of anilines is 2. The molecule has 4 aromatic rings. The Kier molecular flexibility index (Phi) is 6.81. The molecule has 2 amide bonds. The Hall–Kier alpha value is -4.68. The monoisotopic (exact) mass is 522 g/mol. The van der Waals surface area contributed by atoms with E-state index in [0.29, 0.717) is 22.7 Å². The lowest BCUT2D eigenvalue weighted by atomic mass is 10.1. The van der Waals surface area contributed by atoms with Crippen molar-refractivity contribution in [3.05, 3.63) is 124 Å². The molecule has 0 fully saturated rings. The van der Waals surface area contributed by atoms with Crippen LogP contribution in [0.5, 0.6) is 5.75 Å². The molecule has 0 aromatic heterocycles. The minimum atomic E-state index is -0.591. The maximum absolute atomic E-state index is 13.1. The van der Waals surface area contributed by atoms with Gasteiger partial charge in [-0.15, -0.1) is 0 Å². The van der Waals surface area contributed by atoms with Crippen molar-refractivity contribution in [2.45, 2.75) is 13.8 Å². The van der Waals surface area contributed by atoms with Gasteiger partial charge in [-0.25, -0.2) is 9.69 Å². The van der Waals surface area contributed by atoms with Crippen LogP contribution in [0.25, 0.3) is 11.1 Å². The summed E-state index contributed by atoms with van der Waals surface area (Å²) in [6.07, 6.45) is 0. The largest absolute Gasteiger partial charge is 0.423 e. The molecule has 0 saturated heterocycles. The molecule has 1 N–H and O–H groups in total. The van der Waals surface area contributed by atoms with E-state index in [1.54, 1.807) is 42.5 Å². The van der Waals surface area contributed by atoms with Gasteiger partial charge in [-0.1, -0.05) is 66.2 Å². The lowest BCUT2D eigenvalue weighted by Crippen LogP contribution is -2.32. The second kappa shape index (κ2) is 10.4. The molecule has 0 atom stereocenters. The molecule has 0 spiro atoms. The van der Waals surface area contributed by atoms with Crippen molar-refractivity contribution in [2.24, 2.45) is 0 Å². The number of aryl methyl sites for hydroxylation is 2. The molecule has 1 aliphatic heterocycles. The van der Waals surface area contributed by atoms with Crippen LogP contribution in [-0.4, -0.2) is 17.8 Å². The Morgan fingerprint density at radius 2 is 1.45 bits per heavy atom. The summed E-state index contributed by atoms with van der Waals surface area (Å²) in [6, 6.07) is 29.1. The third-order valence-electron chi connectivity index (χ3n) is 6.19. The van der Waals surface area contributed by atoms with Crippen LogP contribution in [-0.2, 0) is 9.59 Å². The second-order valence-electron chi connectivity index (χ2n) is 8.91. The Balaban J connectivity index is 1.26. The molecule has 188 valence electrons. The molecule has 0 unspecified atom stereocenters. The molecular formula is C31H23ClN2O4. The number of hydrogen-bond donors (Lipinski definition) is 1. The number of nitrogens with zero attached hydrogens (tertiary/aromatic N) is 1. The van der Waals surface area contributed by atoms with Crippen LogP contribution >= 0.6 is 11.6 Å². The topological polar surface area (TPSA) is 75.7 Å². The zero-order valence-electron chi connectivity index (χ0n) is 20.7. The fourth-order valence-electron chi connectivity index (χ4n) is 4.14. The summed E-state index contributed by atoms with van der Waals surface area (Å²) >= 11 is 6.26. The number of rotatable bonds is 6. The zero-order chi connectivity index (χ0) is 26.8. The third-order valence-corrected chi connectivity index (χ3v) is 6.55. The van der Waals surface area contributed by atoms with E-state index in [0.717, 1.165) is 27.2 Å². The van der Waals surface area contributed by atoms with Gasteiger partial charge < -0.3 is 10.1 Å². The van der Waals surface area contributed by atoms with Crippen LogP contribution in [0, 0.1) is 13.8 Å². The van der Waals surface area contributed by atoms with E-state index >= 15 is 0 Å². The first-order valence-corrected chi connectivity index (χ1v) is 12.3. The van der Waals surface area contributed by atoms with Gasteiger partial charge in [0.25, 0.3) is 11.8 Å². The molecule has 0 saturated carbocycles. The second-order valence-corrected chi connectivity index (χ2v) is 9.28. The molecule has 5 rings (SSSR count). The maximum Gasteiger partial charge on any atom is 0.343 e. The molecule has 0 radical (unpaired) electrons. The number of carbonyl (C=O) groups is 3. The average molecular weight is 523 g/mol. The molecule has 0 aliphatic carbocycles. The first-order valence-electron chi connectivity index (χ1n) is 11.9. The van der Waals surface area contributed by atoms with Crippen molar-refractivity contribution >= 4 is 40.8 Å². The van der Waals surface area contributed by atoms with Gasteiger partial charge in [-0.05, 0) is 78.6 Å². The highest BCUT2D eigenvalue weighted by Gasteiger charge is 2.39. The number of esters is 1. The van der Waals surface area contributed by atoms with E-state index in [1.807, 2.05) is 68.4 Å². The van der Waals surface area contributed by atoms with Crippen molar-refractivity contribution in [1.29, 1.82) is 0 Å². The lowest BCUT2D eigenvalue weighted by molar-refractivity contribution is -0.120. The van der Waals surface area contributed by atoms with Crippen LogP contribution in [0.4, 0.5) is 11.4 Å². The molecular weight excluding hydrogens is 500 g/mol. The summed E-state index contributed by atoms with van der Waals surface area (Å²) in [5.74, 6) is -1.23. The summed E-state index contributed by atoms with van der Waals surface area (Å²) in [5.41, 5.74) is 5.07. The SMILES string of the molecule is Cc1ccc(C)c(N2C(=O)C(Cl)=C(Nc3ccc(C(=O)Oc4ccc(-c5ccccc5)cc4)cc3)C2=O)c1. The van der Waals surface area contributed by atoms with Crippen LogP contribution in [0.3, 0.4) is 0 Å². The van der Waals surface area contributed by atoms with Gasteiger partial charge in [0.05, 0.1) is 11.3 Å². The third kappa shape index (κ3) is 4.94. The predicted molar refractivity (Wildman–Crippen MR) is 148 cm³/mol.